The number of hydrogen-bond donors (Lipinski definition) is 2. The number of benzene rings is 2. The average Bonchev–Trinajstić information content (AvgIpc) is 2.66. The number of amides is 1. The highest BCUT2D eigenvalue weighted by atomic mass is 16.5. The van der Waals surface area contributed by atoms with Crippen molar-refractivity contribution in [3.8, 4) is 5.75 Å². The maximum Gasteiger partial charge on any atom is 0.258 e. The lowest BCUT2D eigenvalue weighted by molar-refractivity contribution is 0.102. The van der Waals surface area contributed by atoms with Crippen molar-refractivity contribution in [3.05, 3.63) is 71.5 Å². The van der Waals surface area contributed by atoms with Crippen LogP contribution in [0.4, 0.5) is 17.3 Å². The summed E-state index contributed by atoms with van der Waals surface area (Å²) in [7, 11) is 0. The number of aromatic nitrogens is 2. The lowest BCUT2D eigenvalue weighted by atomic mass is 10.1. The van der Waals surface area contributed by atoms with Gasteiger partial charge >= 0.3 is 0 Å². The minimum atomic E-state index is -0.245. The molecule has 6 nitrogen and oxygen atoms in total. The van der Waals surface area contributed by atoms with Gasteiger partial charge in [-0.3, -0.25) is 4.79 Å². The van der Waals surface area contributed by atoms with E-state index < -0.39 is 0 Å². The average molecular weight is 376 g/mol. The van der Waals surface area contributed by atoms with Crippen molar-refractivity contribution in [3.63, 3.8) is 0 Å². The molecule has 144 valence electrons. The van der Waals surface area contributed by atoms with Crippen molar-refractivity contribution in [1.29, 1.82) is 0 Å². The van der Waals surface area contributed by atoms with Gasteiger partial charge in [-0.05, 0) is 75.2 Å². The van der Waals surface area contributed by atoms with Gasteiger partial charge in [-0.1, -0.05) is 6.07 Å². The minimum absolute atomic E-state index is 0.129. The molecule has 2 aromatic carbocycles. The van der Waals surface area contributed by atoms with Crippen LogP contribution in [0, 0.1) is 13.8 Å². The summed E-state index contributed by atoms with van der Waals surface area (Å²) < 4.78 is 5.62. The lowest BCUT2D eigenvalue weighted by Gasteiger charge is -2.11. The highest BCUT2D eigenvalue weighted by Gasteiger charge is 2.09. The molecule has 0 aliphatic carbocycles. The molecule has 0 unspecified atom stereocenters. The Morgan fingerprint density at radius 1 is 0.929 bits per heavy atom. The van der Waals surface area contributed by atoms with Crippen molar-refractivity contribution < 1.29 is 9.53 Å². The maximum absolute atomic E-state index is 12.4. The second kappa shape index (κ2) is 8.52. The first-order chi connectivity index (χ1) is 13.4. The molecule has 0 bridgehead atoms. The van der Waals surface area contributed by atoms with Crippen LogP contribution in [0.3, 0.4) is 0 Å². The molecule has 3 aromatic rings. The van der Waals surface area contributed by atoms with Gasteiger partial charge in [0.1, 0.15) is 5.75 Å². The molecule has 0 saturated carbocycles. The Kier molecular flexibility index (Phi) is 5.89. The molecule has 1 heterocycles. The minimum Gasteiger partial charge on any atom is -0.491 e. The third-order valence-corrected chi connectivity index (χ3v) is 4.16. The SMILES string of the molecule is Cc1ccc(NC(=O)c2cnc(Nc3ccc(OC(C)C)cc3)nc2)cc1C. The molecule has 2 N–H and O–H groups in total. The van der Waals surface area contributed by atoms with Gasteiger partial charge < -0.3 is 15.4 Å². The summed E-state index contributed by atoms with van der Waals surface area (Å²) in [5, 5.41) is 5.97. The van der Waals surface area contributed by atoms with E-state index >= 15 is 0 Å². The van der Waals surface area contributed by atoms with Gasteiger partial charge in [-0.25, -0.2) is 9.97 Å². The second-order valence-corrected chi connectivity index (χ2v) is 6.86. The predicted octanol–water partition coefficient (Wildman–Crippen LogP) is 4.88. The topological polar surface area (TPSA) is 76.1 Å². The van der Waals surface area contributed by atoms with Crippen LogP contribution in [0.5, 0.6) is 5.75 Å². The van der Waals surface area contributed by atoms with E-state index in [0.717, 1.165) is 22.7 Å². The van der Waals surface area contributed by atoms with Crippen LogP contribution in [-0.4, -0.2) is 22.0 Å². The molecule has 28 heavy (non-hydrogen) atoms. The number of aryl methyl sites for hydroxylation is 2. The smallest absolute Gasteiger partial charge is 0.258 e. The van der Waals surface area contributed by atoms with Crippen molar-refractivity contribution in [2.24, 2.45) is 0 Å². The molecule has 0 spiro atoms. The number of nitrogens with zero attached hydrogens (tertiary/aromatic N) is 2. The first-order valence-corrected chi connectivity index (χ1v) is 9.15. The monoisotopic (exact) mass is 376 g/mol. The second-order valence-electron chi connectivity index (χ2n) is 6.86. The van der Waals surface area contributed by atoms with Crippen LogP contribution in [0.15, 0.2) is 54.9 Å². The standard InChI is InChI=1S/C22H24N4O2/c1-14(2)28-20-9-7-18(8-10-20)26-22-23-12-17(13-24-22)21(27)25-19-6-5-15(3)16(4)11-19/h5-14H,1-4H3,(H,25,27)(H,23,24,26). The summed E-state index contributed by atoms with van der Waals surface area (Å²) in [6.45, 7) is 8.01. The summed E-state index contributed by atoms with van der Waals surface area (Å²) in [6, 6.07) is 13.3. The van der Waals surface area contributed by atoms with E-state index in [9.17, 15) is 4.79 Å². The molecule has 0 atom stereocenters. The summed E-state index contributed by atoms with van der Waals surface area (Å²) in [5.41, 5.74) is 4.28. The lowest BCUT2D eigenvalue weighted by Crippen LogP contribution is -2.13. The molecule has 3 rings (SSSR count). The highest BCUT2D eigenvalue weighted by molar-refractivity contribution is 6.03. The van der Waals surface area contributed by atoms with Gasteiger partial charge in [0.2, 0.25) is 5.95 Å². The van der Waals surface area contributed by atoms with Gasteiger partial charge in [0.15, 0.2) is 0 Å². The maximum atomic E-state index is 12.4. The number of carbonyl (C=O) groups excluding carboxylic acids is 1. The van der Waals surface area contributed by atoms with E-state index in [1.165, 1.54) is 18.0 Å². The molecular formula is C22H24N4O2. The molecular weight excluding hydrogens is 352 g/mol. The molecule has 1 amide bonds. The Bertz CT molecular complexity index is 951. The fourth-order valence-electron chi connectivity index (χ4n) is 2.55. The fraction of sp³-hybridized carbons (Fsp3) is 0.227. The van der Waals surface area contributed by atoms with E-state index in [1.54, 1.807) is 0 Å². The molecule has 6 heteroatoms. The first-order valence-electron chi connectivity index (χ1n) is 9.15. The van der Waals surface area contributed by atoms with Crippen LogP contribution in [0.2, 0.25) is 0 Å². The summed E-state index contributed by atoms with van der Waals surface area (Å²) in [6.07, 6.45) is 3.13. The van der Waals surface area contributed by atoms with Crippen LogP contribution >= 0.6 is 0 Å². The van der Waals surface area contributed by atoms with Gasteiger partial charge in [0.25, 0.3) is 5.91 Å². The molecule has 0 aliphatic rings. The molecule has 1 aromatic heterocycles. The van der Waals surface area contributed by atoms with Crippen LogP contribution in [0.25, 0.3) is 0 Å². The molecule has 0 aliphatic heterocycles. The third kappa shape index (κ3) is 5.07. The number of anilines is 3. The Morgan fingerprint density at radius 2 is 1.57 bits per heavy atom. The van der Waals surface area contributed by atoms with Crippen LogP contribution < -0.4 is 15.4 Å². The number of rotatable bonds is 6. The largest absolute Gasteiger partial charge is 0.491 e. The van der Waals surface area contributed by atoms with Crippen LogP contribution in [-0.2, 0) is 0 Å². The molecule has 0 fully saturated rings. The first kappa shape index (κ1) is 19.4. The quantitative estimate of drug-likeness (QED) is 0.641. The van der Waals surface area contributed by atoms with E-state index in [1.807, 2.05) is 70.2 Å². The van der Waals surface area contributed by atoms with Crippen molar-refractivity contribution in [1.82, 2.24) is 9.97 Å². The Balaban J connectivity index is 1.62. The fourth-order valence-corrected chi connectivity index (χ4v) is 2.55. The third-order valence-electron chi connectivity index (χ3n) is 4.16. The predicted molar refractivity (Wildman–Crippen MR) is 111 cm³/mol. The Morgan fingerprint density at radius 3 is 2.18 bits per heavy atom. The molecule has 0 saturated heterocycles. The van der Waals surface area contributed by atoms with Gasteiger partial charge in [-0.15, -0.1) is 0 Å². The van der Waals surface area contributed by atoms with E-state index in [-0.39, 0.29) is 12.0 Å². The van der Waals surface area contributed by atoms with E-state index in [2.05, 4.69) is 20.6 Å². The number of carbonyl (C=O) groups is 1. The van der Waals surface area contributed by atoms with Gasteiger partial charge in [0.05, 0.1) is 11.7 Å². The Hall–Kier alpha value is -3.41. The van der Waals surface area contributed by atoms with Gasteiger partial charge in [-0.2, -0.15) is 0 Å². The van der Waals surface area contributed by atoms with E-state index in [0.29, 0.717) is 11.5 Å². The summed E-state index contributed by atoms with van der Waals surface area (Å²) in [5.74, 6) is 0.977. The van der Waals surface area contributed by atoms with Gasteiger partial charge in [0, 0.05) is 23.8 Å². The highest BCUT2D eigenvalue weighted by Crippen LogP contribution is 2.19. The number of hydrogen-bond acceptors (Lipinski definition) is 5. The summed E-state index contributed by atoms with van der Waals surface area (Å²) in [4.78, 5) is 20.8. The zero-order valence-corrected chi connectivity index (χ0v) is 16.5. The van der Waals surface area contributed by atoms with E-state index in [4.69, 9.17) is 4.74 Å². The normalized spacial score (nSPS) is 10.6. The number of nitrogens with one attached hydrogen (secondary N) is 2. The van der Waals surface area contributed by atoms with Crippen molar-refractivity contribution >= 4 is 23.2 Å². The van der Waals surface area contributed by atoms with Crippen molar-refractivity contribution in [2.75, 3.05) is 10.6 Å². The summed E-state index contributed by atoms with van der Waals surface area (Å²) >= 11 is 0. The van der Waals surface area contributed by atoms with Crippen molar-refractivity contribution in [2.45, 2.75) is 33.8 Å². The Labute approximate surface area is 165 Å². The number of ether oxygens (including phenoxy) is 1. The van der Waals surface area contributed by atoms with Crippen LogP contribution in [0.1, 0.15) is 35.3 Å². The zero-order valence-electron chi connectivity index (χ0n) is 16.5. The molecule has 0 radical (unpaired) electrons. The zero-order chi connectivity index (χ0) is 20.1.